The van der Waals surface area contributed by atoms with Crippen molar-refractivity contribution in [2.45, 2.75) is 38.3 Å². The number of hydrogen-bond acceptors (Lipinski definition) is 3. The van der Waals surface area contributed by atoms with Crippen LogP contribution in [0.25, 0.3) is 0 Å². The van der Waals surface area contributed by atoms with Crippen LogP contribution in [0, 0.1) is 0 Å². The molecule has 0 fully saturated rings. The Labute approximate surface area is 111 Å². The second-order valence-corrected chi connectivity index (χ2v) is 8.23. The van der Waals surface area contributed by atoms with E-state index in [0.717, 1.165) is 24.9 Å². The number of rotatable bonds is 8. The van der Waals surface area contributed by atoms with Gasteiger partial charge in [0.25, 0.3) is 0 Å². The topological polar surface area (TPSA) is 38.7 Å². The van der Waals surface area contributed by atoms with E-state index < -0.39 is 8.56 Å². The molecule has 1 rings (SSSR count). The quantitative estimate of drug-likeness (QED) is 0.734. The average molecular weight is 268 g/mol. The van der Waals surface area contributed by atoms with Crippen molar-refractivity contribution in [2.75, 3.05) is 14.2 Å². The predicted molar refractivity (Wildman–Crippen MR) is 76.1 cm³/mol. The minimum Gasteiger partial charge on any atom is -0.508 e. The summed E-state index contributed by atoms with van der Waals surface area (Å²) in [5.74, 6) is 0.312. The zero-order chi connectivity index (χ0) is 13.4. The number of benzene rings is 1. The van der Waals surface area contributed by atoms with Crippen molar-refractivity contribution in [2.24, 2.45) is 0 Å². The number of hydrogen-bond donors (Lipinski definition) is 1. The third-order valence-electron chi connectivity index (χ3n) is 3.39. The van der Waals surface area contributed by atoms with Crippen LogP contribution in [0.15, 0.2) is 24.3 Å². The van der Waals surface area contributed by atoms with Crippen LogP contribution in [-0.2, 0) is 15.3 Å². The Kier molecular flexibility index (Phi) is 6.39. The Morgan fingerprint density at radius 1 is 1.06 bits per heavy atom. The van der Waals surface area contributed by atoms with E-state index in [1.54, 1.807) is 26.4 Å². The molecule has 0 aliphatic carbocycles. The molecule has 1 N–H and O–H groups in total. The van der Waals surface area contributed by atoms with Gasteiger partial charge in [0.05, 0.1) is 0 Å². The maximum atomic E-state index is 9.25. The molecule has 0 spiro atoms. The van der Waals surface area contributed by atoms with Gasteiger partial charge in [-0.1, -0.05) is 31.9 Å². The molecule has 0 heterocycles. The van der Waals surface area contributed by atoms with Crippen molar-refractivity contribution in [3.8, 4) is 5.75 Å². The smallest absolute Gasteiger partial charge is 0.337 e. The largest absolute Gasteiger partial charge is 0.508 e. The first-order chi connectivity index (χ1) is 8.65. The monoisotopic (exact) mass is 268 g/mol. The maximum Gasteiger partial charge on any atom is 0.337 e. The van der Waals surface area contributed by atoms with Gasteiger partial charge in [0, 0.05) is 14.2 Å². The van der Waals surface area contributed by atoms with Crippen molar-refractivity contribution in [3.05, 3.63) is 29.8 Å². The van der Waals surface area contributed by atoms with Gasteiger partial charge in [0.1, 0.15) is 5.75 Å². The second-order valence-electron chi connectivity index (χ2n) is 4.59. The van der Waals surface area contributed by atoms with Crippen LogP contribution in [0.2, 0.25) is 12.1 Å². The van der Waals surface area contributed by atoms with E-state index in [-0.39, 0.29) is 0 Å². The van der Waals surface area contributed by atoms with E-state index in [1.165, 1.54) is 12.0 Å². The van der Waals surface area contributed by atoms with E-state index in [0.29, 0.717) is 5.75 Å². The van der Waals surface area contributed by atoms with Crippen LogP contribution < -0.4 is 0 Å². The predicted octanol–water partition coefficient (Wildman–Crippen LogP) is 3.47. The SMILES string of the molecule is CCCC[Si](CCc1ccc(O)cc1)(OC)OC. The van der Waals surface area contributed by atoms with Gasteiger partial charge in [-0.2, -0.15) is 0 Å². The molecule has 3 nitrogen and oxygen atoms in total. The Hall–Kier alpha value is -0.843. The third-order valence-corrected chi connectivity index (χ3v) is 7.00. The van der Waals surface area contributed by atoms with E-state index in [2.05, 4.69) is 6.92 Å². The van der Waals surface area contributed by atoms with Crippen molar-refractivity contribution >= 4 is 8.56 Å². The highest BCUT2D eigenvalue weighted by Crippen LogP contribution is 2.23. The van der Waals surface area contributed by atoms with Gasteiger partial charge in [0.15, 0.2) is 0 Å². The van der Waals surface area contributed by atoms with Crippen molar-refractivity contribution in [1.29, 1.82) is 0 Å². The molecule has 0 saturated heterocycles. The fourth-order valence-electron chi connectivity index (χ4n) is 2.06. The molecule has 0 bridgehead atoms. The van der Waals surface area contributed by atoms with Gasteiger partial charge >= 0.3 is 8.56 Å². The van der Waals surface area contributed by atoms with Crippen LogP contribution in [0.4, 0.5) is 0 Å². The van der Waals surface area contributed by atoms with E-state index in [9.17, 15) is 5.11 Å². The molecule has 4 heteroatoms. The Bertz CT molecular complexity index is 333. The molecule has 0 atom stereocenters. The van der Waals surface area contributed by atoms with Gasteiger partial charge in [-0.05, 0) is 36.2 Å². The summed E-state index contributed by atoms with van der Waals surface area (Å²) >= 11 is 0. The lowest BCUT2D eigenvalue weighted by molar-refractivity contribution is 0.240. The highest BCUT2D eigenvalue weighted by Gasteiger charge is 2.34. The molecular formula is C14H24O3Si. The zero-order valence-corrected chi connectivity index (χ0v) is 12.6. The number of phenolic OH excluding ortho intramolecular Hbond substituents is 1. The fourth-order valence-corrected chi connectivity index (χ4v) is 4.86. The van der Waals surface area contributed by atoms with Gasteiger partial charge in [-0.15, -0.1) is 0 Å². The molecule has 0 radical (unpaired) electrons. The highest BCUT2D eigenvalue weighted by atomic mass is 28.4. The molecule has 0 saturated carbocycles. The van der Waals surface area contributed by atoms with Crippen LogP contribution in [0.1, 0.15) is 25.3 Å². The lowest BCUT2D eigenvalue weighted by Gasteiger charge is -2.27. The maximum absolute atomic E-state index is 9.25. The van der Waals surface area contributed by atoms with Crippen molar-refractivity contribution in [1.82, 2.24) is 0 Å². The summed E-state index contributed by atoms with van der Waals surface area (Å²) in [6, 6.07) is 9.38. The first kappa shape index (κ1) is 15.2. The third kappa shape index (κ3) is 4.44. The molecule has 0 aliphatic heterocycles. The number of unbranched alkanes of at least 4 members (excludes halogenated alkanes) is 1. The van der Waals surface area contributed by atoms with Gasteiger partial charge in [-0.3, -0.25) is 0 Å². The summed E-state index contributed by atoms with van der Waals surface area (Å²) in [7, 11) is 1.51. The second kappa shape index (κ2) is 7.56. The highest BCUT2D eigenvalue weighted by molar-refractivity contribution is 6.67. The molecule has 102 valence electrons. The van der Waals surface area contributed by atoms with Crippen molar-refractivity contribution < 1.29 is 14.0 Å². The van der Waals surface area contributed by atoms with Gasteiger partial charge in [0.2, 0.25) is 0 Å². The van der Waals surface area contributed by atoms with E-state index in [4.69, 9.17) is 8.85 Å². The first-order valence-electron chi connectivity index (χ1n) is 6.54. The molecule has 18 heavy (non-hydrogen) atoms. The minimum atomic E-state index is -2.02. The summed E-state index contributed by atoms with van der Waals surface area (Å²) in [4.78, 5) is 0. The first-order valence-corrected chi connectivity index (χ1v) is 8.77. The Morgan fingerprint density at radius 3 is 2.17 bits per heavy atom. The van der Waals surface area contributed by atoms with Crippen LogP contribution in [0.5, 0.6) is 5.75 Å². The average Bonchev–Trinajstić information content (AvgIpc) is 2.42. The van der Waals surface area contributed by atoms with Gasteiger partial charge < -0.3 is 14.0 Å². The van der Waals surface area contributed by atoms with Crippen molar-refractivity contribution in [3.63, 3.8) is 0 Å². The molecular weight excluding hydrogens is 244 g/mol. The summed E-state index contributed by atoms with van der Waals surface area (Å²) in [6.45, 7) is 2.18. The standard InChI is InChI=1S/C14H24O3Si/c1-4-5-11-18(16-2,17-3)12-10-13-6-8-14(15)9-7-13/h6-9,15H,4-5,10-12H2,1-3H3. The lowest BCUT2D eigenvalue weighted by atomic mass is 10.2. The normalized spacial score (nSPS) is 11.7. The Morgan fingerprint density at radius 2 is 1.67 bits per heavy atom. The fraction of sp³-hybridized carbons (Fsp3) is 0.571. The summed E-state index contributed by atoms with van der Waals surface area (Å²) in [5, 5.41) is 9.25. The molecule has 0 aliphatic rings. The van der Waals surface area contributed by atoms with Crippen LogP contribution in [0.3, 0.4) is 0 Å². The number of aromatic hydroxyl groups is 1. The molecule has 1 aromatic rings. The minimum absolute atomic E-state index is 0.312. The van der Waals surface area contributed by atoms with E-state index >= 15 is 0 Å². The molecule has 0 amide bonds. The zero-order valence-electron chi connectivity index (χ0n) is 11.6. The summed E-state index contributed by atoms with van der Waals surface area (Å²) < 4.78 is 11.4. The van der Waals surface area contributed by atoms with Crippen LogP contribution in [-0.4, -0.2) is 27.9 Å². The summed E-state index contributed by atoms with van der Waals surface area (Å²) in [6.07, 6.45) is 3.27. The van der Waals surface area contributed by atoms with Gasteiger partial charge in [-0.25, -0.2) is 0 Å². The van der Waals surface area contributed by atoms with E-state index in [1.807, 2.05) is 12.1 Å². The molecule has 1 aromatic carbocycles. The Balaban J connectivity index is 2.58. The molecule has 0 unspecified atom stereocenters. The number of aryl methyl sites for hydroxylation is 1. The van der Waals surface area contributed by atoms with Crippen LogP contribution >= 0.6 is 0 Å². The summed E-state index contributed by atoms with van der Waals surface area (Å²) in [5.41, 5.74) is 1.22. The lowest BCUT2D eigenvalue weighted by Crippen LogP contribution is -2.40. The number of phenols is 1. The molecule has 0 aromatic heterocycles.